The van der Waals surface area contributed by atoms with Gasteiger partial charge in [0.15, 0.2) is 18.5 Å². The third-order valence-electron chi connectivity index (χ3n) is 2.72. The van der Waals surface area contributed by atoms with Gasteiger partial charge in [-0.15, -0.1) is 17.0 Å². The minimum Gasteiger partial charge on any atom is -0.530 e. The summed E-state index contributed by atoms with van der Waals surface area (Å²) in [5.41, 5.74) is 1.01. The summed E-state index contributed by atoms with van der Waals surface area (Å²) in [6.07, 6.45) is 2.26. The van der Waals surface area contributed by atoms with Crippen LogP contribution in [-0.4, -0.2) is 35.1 Å². The molecule has 0 aliphatic heterocycles. The number of hydrogen-bond donors (Lipinski definition) is 1. The molecule has 9 heteroatoms. The van der Waals surface area contributed by atoms with Gasteiger partial charge in [0.2, 0.25) is 6.20 Å². The Morgan fingerprint density at radius 2 is 1.79 bits per heavy atom. The molecule has 2 rings (SSSR count). The van der Waals surface area contributed by atoms with Gasteiger partial charge < -0.3 is 19.9 Å². The van der Waals surface area contributed by atoms with Crippen LogP contribution in [0.25, 0.3) is 0 Å². The second kappa shape index (κ2) is 10.2. The number of nitro groups is 1. The Morgan fingerprint density at radius 3 is 2.21 bits per heavy atom. The molecule has 8 nitrogen and oxygen atoms in total. The molecule has 130 valence electrons. The number of carbonyl (C=O) groups excluding carboxylic acids is 1. The van der Waals surface area contributed by atoms with Crippen molar-refractivity contribution in [1.82, 2.24) is 4.90 Å². The second-order valence-corrected chi connectivity index (χ2v) is 4.82. The smallest absolute Gasteiger partial charge is 0.269 e. The lowest BCUT2D eigenvalue weighted by Gasteiger charge is -2.10. The van der Waals surface area contributed by atoms with E-state index in [0.29, 0.717) is 6.54 Å². The van der Waals surface area contributed by atoms with E-state index in [1.807, 2.05) is 6.20 Å². The molecule has 0 saturated carbocycles. The molecule has 1 N–H and O–H groups in total. The monoisotopic (exact) mass is 399 g/mol. The molecule has 1 aromatic carbocycles. The number of nitro benzene ring substituents is 1. The fourth-order valence-corrected chi connectivity index (χ4v) is 1.54. The number of rotatable bonds is 3. The average Bonchev–Trinajstić information content (AvgIpc) is 2.48. The first-order valence-corrected chi connectivity index (χ1v) is 6.59. The van der Waals surface area contributed by atoms with Crippen molar-refractivity contribution in [3.8, 4) is 5.75 Å². The van der Waals surface area contributed by atoms with E-state index >= 15 is 0 Å². The van der Waals surface area contributed by atoms with Crippen LogP contribution in [0.3, 0.4) is 0 Å². The van der Waals surface area contributed by atoms with Crippen molar-refractivity contribution < 1.29 is 24.5 Å². The van der Waals surface area contributed by atoms with Crippen molar-refractivity contribution in [3.63, 3.8) is 0 Å². The topological polar surface area (TPSA) is 111 Å². The molecule has 0 unspecified atom stereocenters. The van der Waals surface area contributed by atoms with E-state index in [1.165, 1.54) is 26.2 Å². The molecule has 0 radical (unpaired) electrons. The minimum absolute atomic E-state index is 0. The summed E-state index contributed by atoms with van der Waals surface area (Å²) in [4.78, 5) is 20.5. The number of halogens is 1. The number of aromatic nitrogens is 1. The summed E-state index contributed by atoms with van der Waals surface area (Å²) >= 11 is 0. The van der Waals surface area contributed by atoms with E-state index in [-0.39, 0.29) is 28.4 Å². The van der Waals surface area contributed by atoms with Crippen molar-refractivity contribution in [2.24, 2.45) is 0 Å². The van der Waals surface area contributed by atoms with Gasteiger partial charge in [-0.25, -0.2) is 0 Å². The fourth-order valence-electron chi connectivity index (χ4n) is 1.54. The van der Waals surface area contributed by atoms with Crippen LogP contribution in [0, 0.1) is 10.1 Å². The summed E-state index contributed by atoms with van der Waals surface area (Å²) in [5.74, 6) is 0.189. The standard InChI is InChI=1S/C12H10N2O3.C3H7NO2.BrH/c15-12-2-1-7-13(9-12)8-10-3-5-11(6-4-10)14(16)17;1-4(2)3(5)6;/h1-7,9H,8H2;1-2H3,(H,5,6);1H. The number of benzene rings is 1. The Balaban J connectivity index is 0.000000655. The van der Waals surface area contributed by atoms with Crippen LogP contribution in [0.5, 0.6) is 5.75 Å². The SMILES string of the molecule is Br.CN(C)C(=O)[O-].O=[N+]([O-])c1ccc(C[n+]2cccc(O)c2)cc1. The molecular formula is C15H18BrN3O5. The Morgan fingerprint density at radius 1 is 1.25 bits per heavy atom. The van der Waals surface area contributed by atoms with Gasteiger partial charge in [0.1, 0.15) is 6.09 Å². The van der Waals surface area contributed by atoms with Crippen LogP contribution in [0.4, 0.5) is 10.5 Å². The second-order valence-electron chi connectivity index (χ2n) is 4.82. The summed E-state index contributed by atoms with van der Waals surface area (Å²) in [5, 5.41) is 29.3. The van der Waals surface area contributed by atoms with Crippen LogP contribution in [0.1, 0.15) is 5.56 Å². The maximum absolute atomic E-state index is 10.5. The number of amides is 1. The molecule has 1 heterocycles. The van der Waals surface area contributed by atoms with Crippen molar-refractivity contribution in [1.29, 1.82) is 0 Å². The highest BCUT2D eigenvalue weighted by Gasteiger charge is 2.07. The first-order valence-electron chi connectivity index (χ1n) is 6.59. The van der Waals surface area contributed by atoms with Gasteiger partial charge in [-0.05, 0) is 18.2 Å². The predicted molar refractivity (Wildman–Crippen MR) is 89.9 cm³/mol. The molecule has 1 aromatic heterocycles. The largest absolute Gasteiger partial charge is 0.530 e. The molecule has 0 spiro atoms. The fraction of sp³-hybridized carbons (Fsp3) is 0.200. The zero-order chi connectivity index (χ0) is 17.4. The number of non-ortho nitro benzene ring substituents is 1. The van der Waals surface area contributed by atoms with Crippen molar-refractivity contribution in [2.45, 2.75) is 6.54 Å². The summed E-state index contributed by atoms with van der Waals surface area (Å²) in [6, 6.07) is 9.68. The van der Waals surface area contributed by atoms with Gasteiger partial charge >= 0.3 is 0 Å². The van der Waals surface area contributed by atoms with Crippen LogP contribution in [0.15, 0.2) is 48.8 Å². The van der Waals surface area contributed by atoms with Gasteiger partial charge in [0.05, 0.1) is 4.92 Å². The molecule has 0 atom stereocenters. The van der Waals surface area contributed by atoms with E-state index in [9.17, 15) is 25.1 Å². The minimum atomic E-state index is -1.16. The lowest BCUT2D eigenvalue weighted by Crippen LogP contribution is -2.35. The zero-order valence-electron chi connectivity index (χ0n) is 13.2. The molecular weight excluding hydrogens is 382 g/mol. The number of hydrogen-bond acceptors (Lipinski definition) is 5. The van der Waals surface area contributed by atoms with Crippen LogP contribution in [0.2, 0.25) is 0 Å². The Hall–Kier alpha value is -2.68. The molecule has 0 aliphatic carbocycles. The Bertz CT molecular complexity index is 677. The van der Waals surface area contributed by atoms with Gasteiger partial charge in [0, 0.05) is 37.9 Å². The lowest BCUT2D eigenvalue weighted by atomic mass is 10.2. The highest BCUT2D eigenvalue weighted by Crippen LogP contribution is 2.11. The first-order chi connectivity index (χ1) is 10.8. The normalized spacial score (nSPS) is 9.08. The quantitative estimate of drug-likeness (QED) is 0.471. The van der Waals surface area contributed by atoms with Crippen molar-refractivity contribution in [2.75, 3.05) is 14.1 Å². The summed E-state index contributed by atoms with van der Waals surface area (Å²) in [6.45, 7) is 0.562. The third-order valence-corrected chi connectivity index (χ3v) is 2.72. The van der Waals surface area contributed by atoms with Gasteiger partial charge in [-0.3, -0.25) is 10.1 Å². The molecule has 0 bridgehead atoms. The van der Waals surface area contributed by atoms with Gasteiger partial charge in [-0.2, -0.15) is 4.57 Å². The number of nitrogens with zero attached hydrogens (tertiary/aromatic N) is 3. The maximum Gasteiger partial charge on any atom is 0.269 e. The molecule has 24 heavy (non-hydrogen) atoms. The number of aromatic hydroxyl groups is 1. The third kappa shape index (κ3) is 7.54. The van der Waals surface area contributed by atoms with E-state index in [4.69, 9.17) is 0 Å². The molecule has 0 saturated heterocycles. The summed E-state index contributed by atoms with van der Waals surface area (Å²) < 4.78 is 1.80. The predicted octanol–water partition coefficient (Wildman–Crippen LogP) is 1.11. The number of carbonyl (C=O) groups is 1. The number of carboxylic acid groups (broad SMARTS) is 1. The zero-order valence-corrected chi connectivity index (χ0v) is 14.9. The Kier molecular flexibility index (Phi) is 9.03. The van der Waals surface area contributed by atoms with E-state index in [0.717, 1.165) is 10.5 Å². The summed E-state index contributed by atoms with van der Waals surface area (Å²) in [7, 11) is 2.82. The van der Waals surface area contributed by atoms with Gasteiger partial charge in [-0.1, -0.05) is 0 Å². The lowest BCUT2D eigenvalue weighted by molar-refractivity contribution is -0.688. The Labute approximate surface area is 149 Å². The highest BCUT2D eigenvalue weighted by molar-refractivity contribution is 8.93. The van der Waals surface area contributed by atoms with Crippen molar-refractivity contribution >= 4 is 28.8 Å². The van der Waals surface area contributed by atoms with Crippen LogP contribution in [-0.2, 0) is 6.54 Å². The average molecular weight is 400 g/mol. The van der Waals surface area contributed by atoms with Gasteiger partial charge in [0.25, 0.3) is 5.69 Å². The molecule has 0 fully saturated rings. The molecule has 2 aromatic rings. The highest BCUT2D eigenvalue weighted by atomic mass is 79.9. The van der Waals surface area contributed by atoms with Crippen LogP contribution < -0.4 is 9.67 Å². The molecule has 1 amide bonds. The van der Waals surface area contributed by atoms with Crippen molar-refractivity contribution in [3.05, 3.63) is 64.5 Å². The molecule has 0 aliphatic rings. The number of pyridine rings is 1. The van der Waals surface area contributed by atoms with E-state index < -0.39 is 11.0 Å². The maximum atomic E-state index is 10.5. The first kappa shape index (κ1) is 21.3. The van der Waals surface area contributed by atoms with E-state index in [1.54, 1.807) is 35.0 Å². The van der Waals surface area contributed by atoms with Crippen LogP contribution >= 0.6 is 17.0 Å². The van der Waals surface area contributed by atoms with E-state index in [2.05, 4.69) is 0 Å².